The maximum absolute atomic E-state index is 2.44. The number of nitrogens with zero attached hydrogens (tertiary/aromatic N) is 1. The number of fused-ring (bicyclic) bond motifs is 7. The second kappa shape index (κ2) is 15.6. The van der Waals surface area contributed by atoms with Crippen LogP contribution in [0.4, 0.5) is 17.1 Å². The van der Waals surface area contributed by atoms with Crippen molar-refractivity contribution in [3.05, 3.63) is 317 Å². The second-order valence-electron chi connectivity index (χ2n) is 17.9. The first-order valence-electron chi connectivity index (χ1n) is 23.3. The monoisotopic (exact) mass is 851 g/mol. The largest absolute Gasteiger partial charge is 0.310 e. The average molecular weight is 852 g/mol. The molecule has 11 aromatic rings. The van der Waals surface area contributed by atoms with Crippen LogP contribution in [0.25, 0.3) is 44.2 Å². The van der Waals surface area contributed by atoms with Gasteiger partial charge in [0.2, 0.25) is 0 Å². The van der Waals surface area contributed by atoms with Gasteiger partial charge < -0.3 is 4.90 Å². The van der Waals surface area contributed by atoms with E-state index < -0.39 is 10.8 Å². The van der Waals surface area contributed by atoms with E-state index in [1.54, 1.807) is 0 Å². The molecule has 1 nitrogen and oxygen atoms in total. The lowest BCUT2D eigenvalue weighted by atomic mass is 9.67. The van der Waals surface area contributed by atoms with E-state index in [4.69, 9.17) is 0 Å². The molecule has 0 saturated carbocycles. The summed E-state index contributed by atoms with van der Waals surface area (Å²) in [4.78, 5) is 2.44. The van der Waals surface area contributed by atoms with Crippen molar-refractivity contribution in [2.45, 2.75) is 10.8 Å². The molecular formula is C66H45N. The van der Waals surface area contributed by atoms with Crippen molar-refractivity contribution in [3.63, 3.8) is 0 Å². The first-order valence-corrected chi connectivity index (χ1v) is 23.3. The topological polar surface area (TPSA) is 3.24 Å². The van der Waals surface area contributed by atoms with E-state index in [0.717, 1.165) is 17.1 Å². The highest BCUT2D eigenvalue weighted by Crippen LogP contribution is 2.58. The predicted octanol–water partition coefficient (Wildman–Crippen LogP) is 16.7. The van der Waals surface area contributed by atoms with Crippen LogP contribution < -0.4 is 4.90 Å². The number of anilines is 3. The number of hydrogen-bond acceptors (Lipinski definition) is 1. The Hall–Kier alpha value is -8.52. The summed E-state index contributed by atoms with van der Waals surface area (Å²) in [5, 5.41) is 2.50. The molecule has 67 heavy (non-hydrogen) atoms. The lowest BCUT2D eigenvalue weighted by Gasteiger charge is -2.35. The summed E-state index contributed by atoms with van der Waals surface area (Å²) in [6.07, 6.45) is 0. The van der Waals surface area contributed by atoms with E-state index in [0.29, 0.717) is 0 Å². The van der Waals surface area contributed by atoms with Crippen LogP contribution in [0, 0.1) is 0 Å². The van der Waals surface area contributed by atoms with Gasteiger partial charge in [0.15, 0.2) is 0 Å². The Morgan fingerprint density at radius 2 is 0.612 bits per heavy atom. The van der Waals surface area contributed by atoms with Gasteiger partial charge in [-0.15, -0.1) is 0 Å². The Morgan fingerprint density at radius 1 is 0.239 bits per heavy atom. The predicted molar refractivity (Wildman–Crippen MR) is 279 cm³/mol. The van der Waals surface area contributed by atoms with Gasteiger partial charge in [-0.3, -0.25) is 0 Å². The molecule has 0 bridgehead atoms. The molecule has 2 aliphatic carbocycles. The van der Waals surface area contributed by atoms with E-state index in [9.17, 15) is 0 Å². The van der Waals surface area contributed by atoms with Gasteiger partial charge in [-0.2, -0.15) is 0 Å². The van der Waals surface area contributed by atoms with Crippen LogP contribution in [0.2, 0.25) is 0 Å². The molecule has 0 spiro atoms. The van der Waals surface area contributed by atoms with Crippen LogP contribution >= 0.6 is 0 Å². The van der Waals surface area contributed by atoms with E-state index in [2.05, 4.69) is 278 Å². The fourth-order valence-corrected chi connectivity index (χ4v) is 11.9. The van der Waals surface area contributed by atoms with Crippen LogP contribution in [0.1, 0.15) is 44.5 Å². The highest BCUT2D eigenvalue weighted by Gasteiger charge is 2.47. The van der Waals surface area contributed by atoms with Crippen molar-refractivity contribution in [2.24, 2.45) is 0 Å². The van der Waals surface area contributed by atoms with Crippen LogP contribution in [-0.2, 0) is 10.8 Å². The maximum Gasteiger partial charge on any atom is 0.0713 e. The summed E-state index contributed by atoms with van der Waals surface area (Å²) >= 11 is 0. The summed E-state index contributed by atoms with van der Waals surface area (Å²) in [6, 6.07) is 101. The molecule has 0 aliphatic heterocycles. The average Bonchev–Trinajstić information content (AvgIpc) is 3.88. The van der Waals surface area contributed by atoms with Gasteiger partial charge in [0.1, 0.15) is 0 Å². The lowest BCUT2D eigenvalue weighted by Crippen LogP contribution is -2.28. The number of benzene rings is 11. The molecular weight excluding hydrogens is 807 g/mol. The van der Waals surface area contributed by atoms with Crippen LogP contribution in [-0.4, -0.2) is 0 Å². The fraction of sp³-hybridized carbons (Fsp3) is 0.0303. The minimum atomic E-state index is -0.479. The van der Waals surface area contributed by atoms with Crippen molar-refractivity contribution in [1.82, 2.24) is 0 Å². The van der Waals surface area contributed by atoms with Gasteiger partial charge in [0.05, 0.1) is 10.8 Å². The molecule has 13 rings (SSSR count). The summed E-state index contributed by atoms with van der Waals surface area (Å²) in [5.41, 5.74) is 20.1. The van der Waals surface area contributed by atoms with E-state index in [1.807, 2.05) is 0 Å². The van der Waals surface area contributed by atoms with Crippen LogP contribution in [0.5, 0.6) is 0 Å². The van der Waals surface area contributed by atoms with Gasteiger partial charge in [0, 0.05) is 17.1 Å². The Morgan fingerprint density at radius 3 is 1.15 bits per heavy atom. The number of hydrogen-bond donors (Lipinski definition) is 0. The second-order valence-corrected chi connectivity index (χ2v) is 17.9. The summed E-state index contributed by atoms with van der Waals surface area (Å²) in [7, 11) is 0. The van der Waals surface area contributed by atoms with Gasteiger partial charge in [0.25, 0.3) is 0 Å². The third-order valence-corrected chi connectivity index (χ3v) is 14.6. The summed E-state index contributed by atoms with van der Waals surface area (Å²) < 4.78 is 0. The zero-order chi connectivity index (χ0) is 44.4. The highest BCUT2D eigenvalue weighted by atomic mass is 15.1. The van der Waals surface area contributed by atoms with E-state index >= 15 is 0 Å². The maximum atomic E-state index is 2.44. The van der Waals surface area contributed by atoms with Gasteiger partial charge in [-0.1, -0.05) is 237 Å². The smallest absolute Gasteiger partial charge is 0.0713 e. The molecule has 0 saturated heterocycles. The minimum Gasteiger partial charge on any atom is -0.310 e. The first kappa shape index (κ1) is 38.9. The standard InChI is InChI=1S/C66H45N/c1-4-21-48(22-5-1)65(49-23-6-2-7-24-49)63-34-17-14-30-59(63)60-45-54(43-44-64(60)65)67(52-39-35-47(36-40-52)56-31-18-20-46-19-10-11-27-55(46)56)53-41-37-51(38-42-53)66(50-25-8-3-9-26-50)61-32-15-12-28-57(61)58-29-13-16-33-62(58)66/h1-45H. The fourth-order valence-electron chi connectivity index (χ4n) is 11.9. The molecule has 0 atom stereocenters. The molecule has 0 amide bonds. The van der Waals surface area contributed by atoms with Crippen LogP contribution in [0.3, 0.4) is 0 Å². The lowest BCUT2D eigenvalue weighted by molar-refractivity contribution is 0.768. The zero-order valence-electron chi connectivity index (χ0n) is 36.9. The Labute approximate surface area is 392 Å². The van der Waals surface area contributed by atoms with Gasteiger partial charge >= 0.3 is 0 Å². The van der Waals surface area contributed by atoms with Crippen molar-refractivity contribution in [3.8, 4) is 33.4 Å². The van der Waals surface area contributed by atoms with E-state index in [-0.39, 0.29) is 0 Å². The van der Waals surface area contributed by atoms with Crippen molar-refractivity contribution in [1.29, 1.82) is 0 Å². The van der Waals surface area contributed by atoms with Crippen LogP contribution in [0.15, 0.2) is 273 Å². The Kier molecular flexibility index (Phi) is 9.05. The quantitative estimate of drug-likeness (QED) is 0.147. The molecule has 0 N–H and O–H groups in total. The highest BCUT2D eigenvalue weighted by molar-refractivity contribution is 5.97. The van der Waals surface area contributed by atoms with Crippen molar-refractivity contribution < 1.29 is 0 Å². The van der Waals surface area contributed by atoms with Crippen molar-refractivity contribution >= 4 is 27.8 Å². The third-order valence-electron chi connectivity index (χ3n) is 14.6. The minimum absolute atomic E-state index is 0.473. The summed E-state index contributed by atoms with van der Waals surface area (Å²) in [5.74, 6) is 0. The van der Waals surface area contributed by atoms with Gasteiger partial charge in [-0.25, -0.2) is 0 Å². The molecule has 11 aromatic carbocycles. The normalized spacial score (nSPS) is 13.6. The van der Waals surface area contributed by atoms with Crippen molar-refractivity contribution in [2.75, 3.05) is 4.90 Å². The molecule has 0 radical (unpaired) electrons. The first-order chi connectivity index (χ1) is 33.2. The van der Waals surface area contributed by atoms with E-state index in [1.165, 1.54) is 88.7 Å². The Balaban J connectivity index is 1.01. The molecule has 0 aromatic heterocycles. The molecule has 0 unspecified atom stereocenters. The third kappa shape index (κ3) is 5.81. The zero-order valence-corrected chi connectivity index (χ0v) is 36.9. The molecule has 2 aliphatic rings. The Bertz CT molecular complexity index is 3520. The molecule has 0 heterocycles. The molecule has 314 valence electrons. The molecule has 1 heteroatoms. The van der Waals surface area contributed by atoms with Gasteiger partial charge in [-0.05, 0) is 125 Å². The molecule has 0 fully saturated rings. The number of rotatable bonds is 8. The SMILES string of the molecule is c1ccc(C2(c3ccc(N(c4ccc(-c5cccc6ccccc56)cc4)c4ccc5c(c4)-c4ccccc4C5(c4ccccc4)c4ccccc4)cc3)c3ccccc3-c3ccccc32)cc1. The summed E-state index contributed by atoms with van der Waals surface area (Å²) in [6.45, 7) is 0.